The monoisotopic (exact) mass is 241 g/mol. The number of aryl methyl sites for hydroxylation is 1. The van der Waals surface area contributed by atoms with Crippen molar-refractivity contribution in [3.05, 3.63) is 21.9 Å². The number of carbonyl (C=O) groups excluding carboxylic acids is 1. The van der Waals surface area contributed by atoms with E-state index < -0.39 is 10.8 Å². The Morgan fingerprint density at radius 3 is 2.65 bits per heavy atom. The van der Waals surface area contributed by atoms with Gasteiger partial charge in [-0.15, -0.1) is 0 Å². The lowest BCUT2D eigenvalue weighted by Crippen LogP contribution is -2.37. The minimum absolute atomic E-state index is 0.197. The van der Waals surface area contributed by atoms with Gasteiger partial charge in [0.05, 0.1) is 28.8 Å². The number of rotatable bonds is 4. The highest BCUT2D eigenvalue weighted by Gasteiger charge is 2.26. The van der Waals surface area contributed by atoms with Crippen molar-refractivity contribution in [2.45, 2.75) is 26.8 Å². The van der Waals surface area contributed by atoms with Crippen LogP contribution in [0.15, 0.2) is 6.20 Å². The summed E-state index contributed by atoms with van der Waals surface area (Å²) in [6, 6.07) is -0.314. The van der Waals surface area contributed by atoms with E-state index in [4.69, 9.17) is 5.84 Å². The molecule has 8 heteroatoms. The number of hydrogen-bond donors (Lipinski definition) is 2. The van der Waals surface area contributed by atoms with Gasteiger partial charge in [0.25, 0.3) is 0 Å². The van der Waals surface area contributed by atoms with E-state index in [1.165, 1.54) is 4.68 Å². The molecule has 94 valence electrons. The number of nitrogens with two attached hydrogens (primary N) is 1. The average molecular weight is 241 g/mol. The van der Waals surface area contributed by atoms with Gasteiger partial charge in [-0.05, 0) is 18.8 Å². The van der Waals surface area contributed by atoms with Crippen LogP contribution in [0.2, 0.25) is 0 Å². The topological polar surface area (TPSA) is 116 Å². The summed E-state index contributed by atoms with van der Waals surface area (Å²) in [6.07, 6.45) is 1.54. The summed E-state index contributed by atoms with van der Waals surface area (Å²) >= 11 is 0. The molecule has 0 aromatic carbocycles. The zero-order valence-corrected chi connectivity index (χ0v) is 9.88. The maximum absolute atomic E-state index is 11.3. The first-order valence-electron chi connectivity index (χ1n) is 5.09. The molecule has 8 nitrogen and oxygen atoms in total. The highest BCUT2D eigenvalue weighted by Crippen LogP contribution is 2.21. The van der Waals surface area contributed by atoms with E-state index in [1.807, 2.05) is 5.43 Å². The lowest BCUT2D eigenvalue weighted by Gasteiger charge is -2.15. The fourth-order valence-corrected chi connectivity index (χ4v) is 1.44. The second-order valence-corrected chi connectivity index (χ2v) is 3.91. The maximum Gasteiger partial charge on any atom is 0.392 e. The lowest BCUT2D eigenvalue weighted by atomic mass is 10.0. The molecule has 2 atom stereocenters. The summed E-state index contributed by atoms with van der Waals surface area (Å²) in [5, 5.41) is 14.5. The Bertz CT molecular complexity index is 442. The number of hydrazine groups is 1. The molecule has 0 aliphatic rings. The molecule has 0 aliphatic heterocycles. The molecule has 2 unspecified atom stereocenters. The normalized spacial score (nSPS) is 14.1. The Kier molecular flexibility index (Phi) is 3.79. The Balaban J connectivity index is 2.97. The molecule has 3 N–H and O–H groups in total. The van der Waals surface area contributed by atoms with E-state index in [0.29, 0.717) is 5.56 Å². The third-order valence-electron chi connectivity index (χ3n) is 2.76. The largest absolute Gasteiger partial charge is 0.392 e. The van der Waals surface area contributed by atoms with Crippen LogP contribution in [0.4, 0.5) is 5.82 Å². The van der Waals surface area contributed by atoms with Gasteiger partial charge in [-0.25, -0.2) is 5.84 Å². The van der Waals surface area contributed by atoms with Gasteiger partial charge in [0, 0.05) is 0 Å². The zero-order valence-electron chi connectivity index (χ0n) is 9.88. The number of nitrogens with zero attached hydrogens (tertiary/aromatic N) is 3. The fraction of sp³-hybridized carbons (Fsp3) is 0.556. The molecule has 0 saturated carbocycles. The van der Waals surface area contributed by atoms with Gasteiger partial charge < -0.3 is 10.1 Å². The summed E-state index contributed by atoms with van der Waals surface area (Å²) < 4.78 is 1.41. The molecular formula is C9H15N5O3. The van der Waals surface area contributed by atoms with Crippen molar-refractivity contribution in [3.63, 3.8) is 0 Å². The summed E-state index contributed by atoms with van der Waals surface area (Å²) in [4.78, 5) is 21.4. The standard InChI is InChI=1S/C9H15N5O3/c1-5-4-13(12-8(5)14(16)17)7(3)6(2)9(15)11-10/h4,6-7H,10H2,1-3H3,(H,11,15). The van der Waals surface area contributed by atoms with Crippen LogP contribution in [0.25, 0.3) is 0 Å². The van der Waals surface area contributed by atoms with Crippen LogP contribution in [0, 0.1) is 23.0 Å². The Hall–Kier alpha value is -1.96. The van der Waals surface area contributed by atoms with Crippen molar-refractivity contribution in [1.29, 1.82) is 0 Å². The third kappa shape index (κ3) is 2.59. The quantitative estimate of drug-likeness (QED) is 0.340. The number of nitro groups is 1. The Labute approximate surface area is 97.9 Å². The molecule has 0 radical (unpaired) electrons. The highest BCUT2D eigenvalue weighted by atomic mass is 16.6. The molecule has 0 fully saturated rings. The Morgan fingerprint density at radius 1 is 1.65 bits per heavy atom. The minimum Gasteiger partial charge on any atom is -0.358 e. The van der Waals surface area contributed by atoms with E-state index in [0.717, 1.165) is 0 Å². The molecule has 1 aromatic rings. The zero-order chi connectivity index (χ0) is 13.2. The molecule has 0 aliphatic carbocycles. The van der Waals surface area contributed by atoms with Crippen molar-refractivity contribution < 1.29 is 9.72 Å². The van der Waals surface area contributed by atoms with Gasteiger partial charge in [0.15, 0.2) is 0 Å². The summed E-state index contributed by atoms with van der Waals surface area (Å²) in [5.74, 6) is 4.07. The van der Waals surface area contributed by atoms with E-state index in [9.17, 15) is 14.9 Å². The lowest BCUT2D eigenvalue weighted by molar-refractivity contribution is -0.390. The molecular weight excluding hydrogens is 226 g/mol. The molecule has 0 bridgehead atoms. The molecule has 1 heterocycles. The summed E-state index contributed by atoms with van der Waals surface area (Å²) in [6.45, 7) is 5.02. The molecule has 1 aromatic heterocycles. The van der Waals surface area contributed by atoms with Gasteiger partial charge >= 0.3 is 5.82 Å². The van der Waals surface area contributed by atoms with E-state index in [1.54, 1.807) is 27.0 Å². The van der Waals surface area contributed by atoms with Crippen molar-refractivity contribution in [2.24, 2.45) is 11.8 Å². The van der Waals surface area contributed by atoms with Crippen molar-refractivity contribution in [2.75, 3.05) is 0 Å². The van der Waals surface area contributed by atoms with Gasteiger partial charge in [-0.3, -0.25) is 10.2 Å². The van der Waals surface area contributed by atoms with Crippen LogP contribution >= 0.6 is 0 Å². The minimum atomic E-state index is -0.549. The van der Waals surface area contributed by atoms with Crippen LogP contribution in [0.3, 0.4) is 0 Å². The number of hydrogen-bond acceptors (Lipinski definition) is 5. The summed E-state index contributed by atoms with van der Waals surface area (Å²) in [5.41, 5.74) is 2.51. The van der Waals surface area contributed by atoms with Crippen LogP contribution in [0.5, 0.6) is 0 Å². The van der Waals surface area contributed by atoms with E-state index in [-0.39, 0.29) is 17.8 Å². The van der Waals surface area contributed by atoms with Gasteiger partial charge in [0.1, 0.15) is 0 Å². The van der Waals surface area contributed by atoms with Crippen molar-refractivity contribution in [1.82, 2.24) is 15.2 Å². The molecule has 0 saturated heterocycles. The van der Waals surface area contributed by atoms with Crippen LogP contribution in [-0.4, -0.2) is 20.6 Å². The molecule has 1 amide bonds. The van der Waals surface area contributed by atoms with Gasteiger partial charge in [-0.2, -0.15) is 4.68 Å². The predicted octanol–water partition coefficient (Wildman–Crippen LogP) is 0.287. The average Bonchev–Trinajstić information content (AvgIpc) is 2.68. The SMILES string of the molecule is Cc1cn(C(C)C(C)C(=O)NN)nc1[N+](=O)[O-]. The first-order chi connectivity index (χ1) is 7.88. The first kappa shape index (κ1) is 13.1. The Morgan fingerprint density at radius 2 is 2.24 bits per heavy atom. The number of nitrogens with one attached hydrogen (secondary N) is 1. The first-order valence-corrected chi connectivity index (χ1v) is 5.09. The molecule has 1 rings (SSSR count). The van der Waals surface area contributed by atoms with Gasteiger partial charge in [0.2, 0.25) is 5.91 Å². The molecule has 17 heavy (non-hydrogen) atoms. The molecule has 0 spiro atoms. The number of aromatic nitrogens is 2. The van der Waals surface area contributed by atoms with Crippen LogP contribution < -0.4 is 11.3 Å². The maximum atomic E-state index is 11.3. The smallest absolute Gasteiger partial charge is 0.358 e. The van der Waals surface area contributed by atoms with Crippen LogP contribution in [-0.2, 0) is 4.79 Å². The van der Waals surface area contributed by atoms with E-state index >= 15 is 0 Å². The van der Waals surface area contributed by atoms with E-state index in [2.05, 4.69) is 5.10 Å². The second-order valence-electron chi connectivity index (χ2n) is 3.91. The predicted molar refractivity (Wildman–Crippen MR) is 59.8 cm³/mol. The van der Waals surface area contributed by atoms with Crippen molar-refractivity contribution in [3.8, 4) is 0 Å². The highest BCUT2D eigenvalue weighted by molar-refractivity contribution is 5.78. The number of carbonyl (C=O) groups is 1. The van der Waals surface area contributed by atoms with Gasteiger partial charge in [-0.1, -0.05) is 6.92 Å². The van der Waals surface area contributed by atoms with Crippen molar-refractivity contribution >= 4 is 11.7 Å². The fourth-order valence-electron chi connectivity index (χ4n) is 1.44. The van der Waals surface area contributed by atoms with Crippen LogP contribution in [0.1, 0.15) is 25.5 Å². The summed E-state index contributed by atoms with van der Waals surface area (Å²) in [7, 11) is 0. The third-order valence-corrected chi connectivity index (χ3v) is 2.76. The number of amides is 1. The second kappa shape index (κ2) is 4.91.